The maximum absolute atomic E-state index is 12.2. The van der Waals surface area contributed by atoms with Gasteiger partial charge in [0.1, 0.15) is 23.8 Å². The molecule has 1 aliphatic carbocycles. The molecule has 0 radical (unpaired) electrons. The van der Waals surface area contributed by atoms with Crippen LogP contribution in [0, 0.1) is 0 Å². The number of fused-ring (bicyclic) bond motifs is 2. The molecule has 0 unspecified atom stereocenters. The molecule has 0 bridgehead atoms. The predicted octanol–water partition coefficient (Wildman–Crippen LogP) is 0.944. The quantitative estimate of drug-likeness (QED) is 0.480. The Balaban J connectivity index is 1.41. The molecule has 2 N–H and O–H groups in total. The molecule has 1 aromatic rings. The average molecular weight is 461 g/mol. The summed E-state index contributed by atoms with van der Waals surface area (Å²) in [7, 11) is 0. The third-order valence-corrected chi connectivity index (χ3v) is 6.38. The van der Waals surface area contributed by atoms with Crippen LogP contribution >= 0.6 is 0 Å². The van der Waals surface area contributed by atoms with Crippen molar-refractivity contribution in [1.82, 2.24) is 14.9 Å². The van der Waals surface area contributed by atoms with Gasteiger partial charge in [0.25, 0.3) is 0 Å². The number of hydrogen-bond donors (Lipinski definition) is 2. The number of hydrogen-bond acceptors (Lipinski definition) is 11. The molecule has 12 nitrogen and oxygen atoms in total. The molecular formula is C21H27N5O7. The molecule has 178 valence electrons. The topological polar surface area (TPSA) is 142 Å². The van der Waals surface area contributed by atoms with Crippen molar-refractivity contribution in [2.24, 2.45) is 4.99 Å². The first-order valence-corrected chi connectivity index (χ1v) is 11.2. The van der Waals surface area contributed by atoms with Crippen LogP contribution in [0.25, 0.3) is 0 Å². The summed E-state index contributed by atoms with van der Waals surface area (Å²) in [5.74, 6) is -1.29. The zero-order valence-electron chi connectivity index (χ0n) is 18.4. The fourth-order valence-electron chi connectivity index (χ4n) is 4.99. The van der Waals surface area contributed by atoms with Gasteiger partial charge >= 0.3 is 17.9 Å². The molecule has 5 rings (SSSR count). The minimum Gasteiger partial charge on any atom is -0.454 e. The van der Waals surface area contributed by atoms with E-state index in [0.29, 0.717) is 17.6 Å². The Morgan fingerprint density at radius 2 is 1.91 bits per heavy atom. The highest BCUT2D eigenvalue weighted by Gasteiger charge is 2.61. The lowest BCUT2D eigenvalue weighted by Gasteiger charge is -2.29. The van der Waals surface area contributed by atoms with Gasteiger partial charge in [-0.05, 0) is 12.8 Å². The highest BCUT2D eigenvalue weighted by molar-refractivity contribution is 5.82. The molecule has 1 aromatic heterocycles. The maximum atomic E-state index is 12.2. The number of carbonyl (C=O) groups is 3. The summed E-state index contributed by atoms with van der Waals surface area (Å²) in [6, 6.07) is 0.372. The fraction of sp³-hybridized carbons (Fsp3) is 0.667. The average Bonchev–Trinajstić information content (AvgIpc) is 3.43. The molecule has 4 heterocycles. The Bertz CT molecular complexity index is 972. The lowest BCUT2D eigenvalue weighted by molar-refractivity contribution is -0.174. The van der Waals surface area contributed by atoms with Gasteiger partial charge in [-0.3, -0.25) is 19.5 Å². The molecule has 1 saturated carbocycles. The fourth-order valence-corrected chi connectivity index (χ4v) is 4.99. The summed E-state index contributed by atoms with van der Waals surface area (Å²) in [6.45, 7) is 2.47. The zero-order chi connectivity index (χ0) is 23.1. The largest absolute Gasteiger partial charge is 0.454 e. The number of anilines is 1. The van der Waals surface area contributed by atoms with Gasteiger partial charge in [0.2, 0.25) is 6.10 Å². The van der Waals surface area contributed by atoms with Crippen LogP contribution in [-0.2, 0) is 33.3 Å². The monoisotopic (exact) mass is 461 g/mol. The Morgan fingerprint density at radius 1 is 1.15 bits per heavy atom. The number of ether oxygens (including phenoxy) is 4. The molecule has 2 saturated heterocycles. The number of aromatic nitrogens is 2. The summed E-state index contributed by atoms with van der Waals surface area (Å²) in [4.78, 5) is 44.6. The van der Waals surface area contributed by atoms with E-state index in [9.17, 15) is 14.4 Å². The molecule has 6 atom stereocenters. The van der Waals surface area contributed by atoms with E-state index in [1.165, 1.54) is 33.1 Å². The highest BCUT2D eigenvalue weighted by atomic mass is 16.7. The van der Waals surface area contributed by atoms with E-state index in [2.05, 4.69) is 20.6 Å². The van der Waals surface area contributed by atoms with Crippen LogP contribution in [0.4, 0.5) is 5.82 Å². The van der Waals surface area contributed by atoms with Crippen molar-refractivity contribution in [2.75, 3.05) is 5.32 Å². The van der Waals surface area contributed by atoms with Gasteiger partial charge in [0, 0.05) is 19.9 Å². The lowest BCUT2D eigenvalue weighted by atomic mass is 9.95. The van der Waals surface area contributed by atoms with E-state index >= 15 is 0 Å². The van der Waals surface area contributed by atoms with Gasteiger partial charge in [0.05, 0.1) is 12.7 Å². The molecule has 12 heteroatoms. The zero-order valence-corrected chi connectivity index (χ0v) is 18.4. The summed E-state index contributed by atoms with van der Waals surface area (Å²) < 4.78 is 23.8. The number of aliphatic imine (C=N–C) groups is 1. The van der Waals surface area contributed by atoms with Crippen LogP contribution < -0.4 is 10.6 Å². The van der Waals surface area contributed by atoms with Crippen molar-refractivity contribution in [3.05, 3.63) is 12.0 Å². The molecule has 0 spiro atoms. The van der Waals surface area contributed by atoms with Crippen molar-refractivity contribution in [3.8, 4) is 0 Å². The van der Waals surface area contributed by atoms with Crippen LogP contribution in [0.3, 0.4) is 0 Å². The maximum Gasteiger partial charge on any atom is 0.350 e. The number of nitrogens with one attached hydrogen (secondary N) is 2. The van der Waals surface area contributed by atoms with Crippen LogP contribution in [0.15, 0.2) is 11.3 Å². The molecule has 3 fully saturated rings. The SMILES string of the molecule is CC(=O)O[C@@H]1[C@H]2OC(=O)[C@@H](OC(C)=O)[C@H]2O[C@@H]1n1cnc2c1NC=N[C@@H]2NC1CCCCC1. The van der Waals surface area contributed by atoms with Crippen molar-refractivity contribution >= 4 is 30.1 Å². The Morgan fingerprint density at radius 3 is 2.64 bits per heavy atom. The first-order chi connectivity index (χ1) is 15.9. The van der Waals surface area contributed by atoms with Crippen molar-refractivity contribution in [2.45, 2.75) is 88.8 Å². The van der Waals surface area contributed by atoms with Gasteiger partial charge < -0.3 is 24.3 Å². The first kappa shape index (κ1) is 21.8. The van der Waals surface area contributed by atoms with E-state index in [4.69, 9.17) is 18.9 Å². The van der Waals surface area contributed by atoms with E-state index < -0.39 is 48.6 Å². The van der Waals surface area contributed by atoms with E-state index in [-0.39, 0.29) is 6.17 Å². The number of imidazole rings is 1. The lowest BCUT2D eigenvalue weighted by Crippen LogP contribution is -2.37. The molecule has 3 aliphatic heterocycles. The Kier molecular flexibility index (Phi) is 5.79. The molecule has 4 aliphatic rings. The third kappa shape index (κ3) is 4.08. The van der Waals surface area contributed by atoms with Gasteiger partial charge in [-0.25, -0.2) is 14.8 Å². The second kappa shape index (κ2) is 8.75. The summed E-state index contributed by atoms with van der Waals surface area (Å²) in [5, 5.41) is 6.67. The molecule has 0 aromatic carbocycles. The summed E-state index contributed by atoms with van der Waals surface area (Å²) in [5.41, 5.74) is 0.693. The number of carbonyl (C=O) groups excluding carboxylic acids is 3. The Labute approximate surface area is 190 Å². The smallest absolute Gasteiger partial charge is 0.350 e. The number of rotatable bonds is 5. The van der Waals surface area contributed by atoms with Crippen LogP contribution in [0.5, 0.6) is 0 Å². The predicted molar refractivity (Wildman–Crippen MR) is 112 cm³/mol. The van der Waals surface area contributed by atoms with Crippen LogP contribution in [0.1, 0.15) is 64.0 Å². The van der Waals surface area contributed by atoms with E-state index in [1.54, 1.807) is 17.2 Å². The van der Waals surface area contributed by atoms with Crippen molar-refractivity contribution < 1.29 is 33.3 Å². The summed E-state index contributed by atoms with van der Waals surface area (Å²) >= 11 is 0. The molecule has 33 heavy (non-hydrogen) atoms. The number of esters is 3. The minimum absolute atomic E-state index is 0.315. The van der Waals surface area contributed by atoms with Crippen molar-refractivity contribution in [3.63, 3.8) is 0 Å². The van der Waals surface area contributed by atoms with Crippen molar-refractivity contribution in [1.29, 1.82) is 0 Å². The second-order valence-corrected chi connectivity index (χ2v) is 8.71. The number of nitrogens with zero attached hydrogens (tertiary/aromatic N) is 3. The van der Waals surface area contributed by atoms with Gasteiger partial charge in [0.15, 0.2) is 18.4 Å². The summed E-state index contributed by atoms with van der Waals surface area (Å²) in [6.07, 6.45) is 3.85. The standard InChI is InChI=1S/C21H27N5O7/c1-10(27)30-16-14-15(17(21(29)33-14)31-11(2)28)32-20(16)26-9-24-13-18(22-8-23-19(13)26)25-12-6-4-3-5-7-12/h8-9,12,14-18,20,25H,3-7H2,1-2H3,(H,22,23)/t14-,15-,16+,17-,18+,20-/m0/s1. The van der Waals surface area contributed by atoms with Gasteiger partial charge in [-0.2, -0.15) is 0 Å². The van der Waals surface area contributed by atoms with E-state index in [0.717, 1.165) is 12.8 Å². The normalized spacial score (nSPS) is 33.1. The van der Waals surface area contributed by atoms with Crippen LogP contribution in [0.2, 0.25) is 0 Å². The highest BCUT2D eigenvalue weighted by Crippen LogP contribution is 2.42. The third-order valence-electron chi connectivity index (χ3n) is 6.38. The van der Waals surface area contributed by atoms with Gasteiger partial charge in [-0.15, -0.1) is 0 Å². The first-order valence-electron chi connectivity index (χ1n) is 11.2. The van der Waals surface area contributed by atoms with E-state index in [1.807, 2.05) is 0 Å². The Hall–Kier alpha value is -2.99. The minimum atomic E-state index is -1.23. The molecule has 0 amide bonds. The molecular weight excluding hydrogens is 434 g/mol. The second-order valence-electron chi connectivity index (χ2n) is 8.71. The van der Waals surface area contributed by atoms with Gasteiger partial charge in [-0.1, -0.05) is 19.3 Å². The van der Waals surface area contributed by atoms with Crippen LogP contribution in [-0.4, -0.2) is 64.3 Å².